The van der Waals surface area contributed by atoms with Crippen LogP contribution in [0.15, 0.2) is 59.5 Å². The molecule has 0 aliphatic carbocycles. The molecule has 0 aromatic heterocycles. The Balaban J connectivity index is 1.87. The molecule has 1 spiro atoms. The summed E-state index contributed by atoms with van der Waals surface area (Å²) in [6.07, 6.45) is 4.59. The van der Waals surface area contributed by atoms with Crippen LogP contribution in [0.2, 0.25) is 0 Å². The Morgan fingerprint density at radius 2 is 1.78 bits per heavy atom. The van der Waals surface area contributed by atoms with Crippen LogP contribution >= 0.6 is 10.2 Å². The fraction of sp³-hybridized carbons (Fsp3) is 0.125. The summed E-state index contributed by atoms with van der Waals surface area (Å²) < 4.78 is 3.84. The van der Waals surface area contributed by atoms with E-state index in [1.807, 2.05) is 0 Å². The van der Waals surface area contributed by atoms with E-state index in [1.54, 1.807) is 0 Å². The predicted octanol–water partition coefficient (Wildman–Crippen LogP) is 4.42. The largest absolute Gasteiger partial charge is 0.342 e. The monoisotopic (exact) mass is 253 g/mol. The van der Waals surface area contributed by atoms with Gasteiger partial charge in [-0.05, 0) is 23.3 Å². The quantitative estimate of drug-likeness (QED) is 0.733. The molecule has 0 fully saturated rings. The van der Waals surface area contributed by atoms with Crippen LogP contribution in [0.4, 0.5) is 5.69 Å². The number of hydrogen-bond acceptors (Lipinski definition) is 1. The van der Waals surface area contributed by atoms with Crippen LogP contribution in [0.3, 0.4) is 0 Å². The van der Waals surface area contributed by atoms with E-state index in [0.717, 1.165) is 5.75 Å². The lowest BCUT2D eigenvalue weighted by molar-refractivity contribution is 1.33. The molecule has 2 heteroatoms. The molecular weight excluding hydrogens is 238 g/mol. The second kappa shape index (κ2) is 3.66. The fourth-order valence-corrected chi connectivity index (χ4v) is 6.37. The molecule has 2 aromatic carbocycles. The minimum Gasteiger partial charge on any atom is -0.342 e. The molecular formula is C16H15NS. The lowest BCUT2D eigenvalue weighted by atomic mass is 10.2. The summed E-state index contributed by atoms with van der Waals surface area (Å²) in [6, 6.07) is 17.5. The Kier molecular flexibility index (Phi) is 2.09. The van der Waals surface area contributed by atoms with Crippen LogP contribution in [0.1, 0.15) is 11.1 Å². The van der Waals surface area contributed by atoms with Crippen LogP contribution in [-0.4, -0.2) is 5.75 Å². The standard InChI is InChI=1S/C16H15NS/c1-3-9-15-14(7-1)12-18(17-15)11-5-8-13-6-2-4-10-16(13)18/h1-10,17H,11-12H2. The highest BCUT2D eigenvalue weighted by Crippen LogP contribution is 2.65. The first-order valence-corrected chi connectivity index (χ1v) is 8.25. The molecule has 0 amide bonds. The van der Waals surface area contributed by atoms with Crippen molar-refractivity contribution in [3.63, 3.8) is 0 Å². The third-order valence-corrected chi connectivity index (χ3v) is 7.13. The van der Waals surface area contributed by atoms with Crippen molar-refractivity contribution in [1.82, 2.24) is 0 Å². The zero-order valence-electron chi connectivity index (χ0n) is 10.1. The topological polar surface area (TPSA) is 12.0 Å². The maximum Gasteiger partial charge on any atom is 0.0470 e. The zero-order chi connectivity index (χ0) is 12.0. The predicted molar refractivity (Wildman–Crippen MR) is 80.0 cm³/mol. The first-order valence-electron chi connectivity index (χ1n) is 6.27. The van der Waals surface area contributed by atoms with Crippen molar-refractivity contribution in [2.45, 2.75) is 10.6 Å². The normalized spacial score (nSPS) is 27.1. The van der Waals surface area contributed by atoms with Gasteiger partial charge in [-0.1, -0.05) is 48.6 Å². The van der Waals surface area contributed by atoms with Crippen molar-refractivity contribution in [2.24, 2.45) is 0 Å². The average molecular weight is 253 g/mol. The molecule has 0 saturated carbocycles. The number of hydrogen-bond donors (Lipinski definition) is 1. The summed E-state index contributed by atoms with van der Waals surface area (Å²) in [6.45, 7) is 0. The summed E-state index contributed by atoms with van der Waals surface area (Å²) in [7, 11) is -0.918. The van der Waals surface area contributed by atoms with E-state index in [1.165, 1.54) is 27.5 Å². The van der Waals surface area contributed by atoms with Gasteiger partial charge in [-0.3, -0.25) is 0 Å². The molecule has 0 radical (unpaired) electrons. The summed E-state index contributed by atoms with van der Waals surface area (Å²) in [5.74, 6) is 2.32. The van der Waals surface area contributed by atoms with Crippen molar-refractivity contribution in [3.8, 4) is 0 Å². The first-order chi connectivity index (χ1) is 8.87. The maximum absolute atomic E-state index is 3.84. The van der Waals surface area contributed by atoms with Gasteiger partial charge in [0.25, 0.3) is 0 Å². The third-order valence-electron chi connectivity index (χ3n) is 3.74. The van der Waals surface area contributed by atoms with Gasteiger partial charge < -0.3 is 4.72 Å². The molecule has 2 heterocycles. The smallest absolute Gasteiger partial charge is 0.0470 e. The van der Waals surface area contributed by atoms with Gasteiger partial charge in [0, 0.05) is 22.1 Å². The summed E-state index contributed by atoms with van der Waals surface area (Å²) in [5.41, 5.74) is 4.19. The Morgan fingerprint density at radius 1 is 0.944 bits per heavy atom. The van der Waals surface area contributed by atoms with E-state index in [2.05, 4.69) is 65.4 Å². The minimum atomic E-state index is -0.918. The Labute approximate surface area is 109 Å². The van der Waals surface area contributed by atoms with Crippen molar-refractivity contribution < 1.29 is 0 Å². The van der Waals surface area contributed by atoms with Crippen LogP contribution in [-0.2, 0) is 5.75 Å². The molecule has 1 unspecified atom stereocenters. The number of rotatable bonds is 0. The van der Waals surface area contributed by atoms with E-state index in [-0.39, 0.29) is 0 Å². The second-order valence-electron chi connectivity index (χ2n) is 4.89. The van der Waals surface area contributed by atoms with Crippen LogP contribution in [0.25, 0.3) is 6.08 Å². The van der Waals surface area contributed by atoms with Crippen LogP contribution < -0.4 is 4.72 Å². The number of benzene rings is 2. The number of nitrogens with one attached hydrogen (secondary N) is 1. The molecule has 90 valence electrons. The van der Waals surface area contributed by atoms with Crippen molar-refractivity contribution in [2.75, 3.05) is 10.5 Å². The molecule has 1 atom stereocenters. The summed E-state index contributed by atoms with van der Waals surface area (Å²) in [4.78, 5) is 1.52. The SMILES string of the molecule is C1=Cc2ccccc2S2(C1)Cc1ccccc1N2. The lowest BCUT2D eigenvalue weighted by Crippen LogP contribution is -2.14. The molecule has 1 N–H and O–H groups in total. The van der Waals surface area contributed by atoms with Gasteiger partial charge >= 0.3 is 0 Å². The van der Waals surface area contributed by atoms with E-state index in [4.69, 9.17) is 0 Å². The summed E-state index contributed by atoms with van der Waals surface area (Å²) in [5, 5.41) is 0. The van der Waals surface area contributed by atoms with Crippen LogP contribution in [0.5, 0.6) is 0 Å². The Bertz CT molecular complexity index is 620. The van der Waals surface area contributed by atoms with Crippen LogP contribution in [0, 0.1) is 0 Å². The van der Waals surface area contributed by atoms with Gasteiger partial charge in [-0.2, -0.15) is 0 Å². The van der Waals surface area contributed by atoms with E-state index >= 15 is 0 Å². The van der Waals surface area contributed by atoms with E-state index in [0.29, 0.717) is 0 Å². The number of fused-ring (bicyclic) bond motifs is 3. The molecule has 2 aliphatic heterocycles. The van der Waals surface area contributed by atoms with Crippen molar-refractivity contribution >= 4 is 22.0 Å². The molecule has 2 aromatic rings. The highest BCUT2D eigenvalue weighted by atomic mass is 32.3. The van der Waals surface area contributed by atoms with E-state index in [9.17, 15) is 0 Å². The number of anilines is 1. The lowest BCUT2D eigenvalue weighted by Gasteiger charge is -2.39. The highest BCUT2D eigenvalue weighted by Gasteiger charge is 2.34. The zero-order valence-corrected chi connectivity index (χ0v) is 10.9. The molecule has 2 aliphatic rings. The average Bonchev–Trinajstić information content (AvgIpc) is 2.78. The molecule has 1 nitrogen and oxygen atoms in total. The molecule has 0 saturated heterocycles. The fourth-order valence-electron chi connectivity index (χ4n) is 2.89. The van der Waals surface area contributed by atoms with Gasteiger partial charge in [0.05, 0.1) is 0 Å². The van der Waals surface area contributed by atoms with Gasteiger partial charge in [0.15, 0.2) is 0 Å². The van der Waals surface area contributed by atoms with Gasteiger partial charge in [-0.15, -0.1) is 10.2 Å². The van der Waals surface area contributed by atoms with Crippen molar-refractivity contribution in [1.29, 1.82) is 0 Å². The van der Waals surface area contributed by atoms with E-state index < -0.39 is 10.2 Å². The van der Waals surface area contributed by atoms with Gasteiger partial charge in [0.2, 0.25) is 0 Å². The Morgan fingerprint density at radius 3 is 2.72 bits per heavy atom. The van der Waals surface area contributed by atoms with Gasteiger partial charge in [0.1, 0.15) is 0 Å². The first kappa shape index (κ1) is 10.3. The summed E-state index contributed by atoms with van der Waals surface area (Å²) >= 11 is 0. The Hall–Kier alpha value is -1.67. The highest BCUT2D eigenvalue weighted by molar-refractivity contribution is 8.34. The molecule has 0 bridgehead atoms. The van der Waals surface area contributed by atoms with Crippen molar-refractivity contribution in [3.05, 3.63) is 65.7 Å². The number of para-hydroxylation sites is 1. The third kappa shape index (κ3) is 1.36. The second-order valence-corrected chi connectivity index (χ2v) is 7.93. The maximum atomic E-state index is 3.84. The molecule has 18 heavy (non-hydrogen) atoms. The minimum absolute atomic E-state index is 0.918. The molecule has 4 rings (SSSR count). The van der Waals surface area contributed by atoms with Gasteiger partial charge in [-0.25, -0.2) is 0 Å².